The zero-order valence-corrected chi connectivity index (χ0v) is 18.5. The quantitative estimate of drug-likeness (QED) is 0.520. The lowest BCUT2D eigenvalue weighted by molar-refractivity contribution is -0.145. The van der Waals surface area contributed by atoms with E-state index in [4.69, 9.17) is 14.2 Å². The van der Waals surface area contributed by atoms with Gasteiger partial charge in [-0.25, -0.2) is 14.6 Å². The van der Waals surface area contributed by atoms with Gasteiger partial charge in [0.05, 0.1) is 19.6 Å². The molecule has 1 atom stereocenters. The minimum atomic E-state index is -0.815. The smallest absolute Gasteiger partial charge is 0.408 e. The molecule has 30 heavy (non-hydrogen) atoms. The summed E-state index contributed by atoms with van der Waals surface area (Å²) < 4.78 is 15.3. The number of alkyl carbamates (subject to hydrolysis) is 1. The molecule has 0 unspecified atom stereocenters. The normalized spacial score (nSPS) is 12.0. The van der Waals surface area contributed by atoms with E-state index in [-0.39, 0.29) is 18.7 Å². The standard InChI is InChI=1S/C21H26N2O6S/c1-13-17(19(25)27-5)23-18(30-13)15(22-20(26)29-21(2,3)4)11-16(24)28-12-14-9-7-6-8-10-14/h6-10,15H,11-12H2,1-5H3,(H,22,26)/t15-/m0/s1. The summed E-state index contributed by atoms with van der Waals surface area (Å²) in [6, 6.07) is 8.44. The Hall–Kier alpha value is -2.94. The molecule has 1 amide bonds. The van der Waals surface area contributed by atoms with Crippen LogP contribution in [-0.4, -0.2) is 35.7 Å². The van der Waals surface area contributed by atoms with Crippen LogP contribution in [0.4, 0.5) is 4.79 Å². The van der Waals surface area contributed by atoms with Gasteiger partial charge in [-0.15, -0.1) is 11.3 Å². The minimum absolute atomic E-state index is 0.114. The second-order valence-electron chi connectivity index (χ2n) is 7.50. The first-order valence-corrected chi connectivity index (χ1v) is 10.2. The number of carbonyl (C=O) groups is 3. The number of esters is 2. The van der Waals surface area contributed by atoms with E-state index in [2.05, 4.69) is 10.3 Å². The van der Waals surface area contributed by atoms with Crippen molar-refractivity contribution in [1.82, 2.24) is 10.3 Å². The van der Waals surface area contributed by atoms with Crippen molar-refractivity contribution in [2.45, 2.75) is 52.4 Å². The third-order valence-corrected chi connectivity index (χ3v) is 4.88. The fourth-order valence-corrected chi connectivity index (χ4v) is 3.43. The molecule has 0 aliphatic rings. The molecule has 0 fully saturated rings. The Bertz CT molecular complexity index is 889. The van der Waals surface area contributed by atoms with Gasteiger partial charge in [0.15, 0.2) is 5.69 Å². The van der Waals surface area contributed by atoms with Crippen molar-refractivity contribution < 1.29 is 28.6 Å². The van der Waals surface area contributed by atoms with Crippen LogP contribution in [0.5, 0.6) is 0 Å². The SMILES string of the molecule is COC(=O)c1nc([C@H](CC(=O)OCc2ccccc2)NC(=O)OC(C)(C)C)sc1C. The Morgan fingerprint density at radius 2 is 1.83 bits per heavy atom. The number of ether oxygens (including phenoxy) is 3. The zero-order chi connectivity index (χ0) is 22.3. The Labute approximate surface area is 179 Å². The number of nitrogens with one attached hydrogen (secondary N) is 1. The van der Waals surface area contributed by atoms with Gasteiger partial charge in [0.2, 0.25) is 0 Å². The number of methoxy groups -OCH3 is 1. The number of nitrogens with zero attached hydrogens (tertiary/aromatic N) is 1. The fraction of sp³-hybridized carbons (Fsp3) is 0.429. The Kier molecular flexibility index (Phi) is 7.93. The van der Waals surface area contributed by atoms with Crippen molar-refractivity contribution in [2.24, 2.45) is 0 Å². The Morgan fingerprint density at radius 3 is 2.43 bits per heavy atom. The molecule has 0 bridgehead atoms. The first-order chi connectivity index (χ1) is 14.1. The number of hydrogen-bond acceptors (Lipinski definition) is 8. The van der Waals surface area contributed by atoms with Crippen molar-refractivity contribution in [2.75, 3.05) is 7.11 Å². The average Bonchev–Trinajstić information content (AvgIpc) is 3.06. The predicted octanol–water partition coefficient (Wildman–Crippen LogP) is 3.94. The predicted molar refractivity (Wildman–Crippen MR) is 111 cm³/mol. The molecule has 0 radical (unpaired) electrons. The maximum absolute atomic E-state index is 12.4. The number of benzene rings is 1. The lowest BCUT2D eigenvalue weighted by Crippen LogP contribution is -2.36. The average molecular weight is 435 g/mol. The van der Waals surface area contributed by atoms with E-state index in [9.17, 15) is 14.4 Å². The molecule has 0 spiro atoms. The van der Waals surface area contributed by atoms with E-state index >= 15 is 0 Å². The van der Waals surface area contributed by atoms with Gasteiger partial charge in [0.25, 0.3) is 0 Å². The molecule has 9 heteroatoms. The van der Waals surface area contributed by atoms with Crippen LogP contribution in [-0.2, 0) is 25.6 Å². The second-order valence-corrected chi connectivity index (χ2v) is 8.73. The van der Waals surface area contributed by atoms with Crippen LogP contribution >= 0.6 is 11.3 Å². The third kappa shape index (κ3) is 7.14. The van der Waals surface area contributed by atoms with E-state index < -0.39 is 29.7 Å². The van der Waals surface area contributed by atoms with Gasteiger partial charge in [-0.2, -0.15) is 0 Å². The highest BCUT2D eigenvalue weighted by atomic mass is 32.1. The molecular weight excluding hydrogens is 408 g/mol. The molecule has 2 rings (SSSR count). The van der Waals surface area contributed by atoms with Crippen molar-refractivity contribution in [1.29, 1.82) is 0 Å². The molecule has 0 aliphatic carbocycles. The summed E-state index contributed by atoms with van der Waals surface area (Å²) in [5, 5.41) is 3.03. The molecule has 1 heterocycles. The number of amides is 1. The molecule has 2 aromatic rings. The minimum Gasteiger partial charge on any atom is -0.464 e. The van der Waals surface area contributed by atoms with Gasteiger partial charge in [-0.05, 0) is 33.3 Å². The van der Waals surface area contributed by atoms with Crippen LogP contribution in [0.2, 0.25) is 0 Å². The van der Waals surface area contributed by atoms with Crippen LogP contribution < -0.4 is 5.32 Å². The molecule has 1 N–H and O–H groups in total. The number of hydrogen-bond donors (Lipinski definition) is 1. The topological polar surface area (TPSA) is 104 Å². The van der Waals surface area contributed by atoms with E-state index in [1.54, 1.807) is 27.7 Å². The maximum atomic E-state index is 12.4. The summed E-state index contributed by atoms with van der Waals surface area (Å²) in [5.74, 6) is -1.11. The van der Waals surface area contributed by atoms with E-state index in [1.165, 1.54) is 18.4 Å². The fourth-order valence-electron chi connectivity index (χ4n) is 2.47. The van der Waals surface area contributed by atoms with Crippen LogP contribution in [0.25, 0.3) is 0 Å². The van der Waals surface area contributed by atoms with Crippen LogP contribution in [0.1, 0.15) is 59.2 Å². The van der Waals surface area contributed by atoms with Gasteiger partial charge in [0.1, 0.15) is 17.2 Å². The summed E-state index contributed by atoms with van der Waals surface area (Å²) in [5.41, 5.74) is 0.282. The lowest BCUT2D eigenvalue weighted by atomic mass is 10.2. The summed E-state index contributed by atoms with van der Waals surface area (Å²) in [4.78, 5) is 41.5. The molecule has 1 aromatic heterocycles. The van der Waals surface area contributed by atoms with Crippen LogP contribution in [0.15, 0.2) is 30.3 Å². The largest absolute Gasteiger partial charge is 0.464 e. The number of carbonyl (C=O) groups excluding carboxylic acids is 3. The highest BCUT2D eigenvalue weighted by Gasteiger charge is 2.27. The lowest BCUT2D eigenvalue weighted by Gasteiger charge is -2.22. The monoisotopic (exact) mass is 434 g/mol. The molecule has 1 aromatic carbocycles. The maximum Gasteiger partial charge on any atom is 0.408 e. The number of aromatic nitrogens is 1. The molecule has 0 saturated heterocycles. The van der Waals surface area contributed by atoms with Gasteiger partial charge >= 0.3 is 18.0 Å². The Balaban J connectivity index is 2.15. The van der Waals surface area contributed by atoms with Gasteiger partial charge < -0.3 is 19.5 Å². The molecular formula is C21H26N2O6S. The van der Waals surface area contributed by atoms with Crippen LogP contribution in [0, 0.1) is 6.92 Å². The van der Waals surface area contributed by atoms with E-state index in [0.29, 0.717) is 9.88 Å². The summed E-state index contributed by atoms with van der Waals surface area (Å²) >= 11 is 1.19. The van der Waals surface area contributed by atoms with Crippen LogP contribution in [0.3, 0.4) is 0 Å². The molecule has 162 valence electrons. The van der Waals surface area contributed by atoms with Gasteiger partial charge in [0, 0.05) is 4.88 Å². The molecule has 8 nitrogen and oxygen atoms in total. The summed E-state index contributed by atoms with van der Waals surface area (Å²) in [7, 11) is 1.26. The first-order valence-electron chi connectivity index (χ1n) is 9.33. The van der Waals surface area contributed by atoms with Gasteiger partial charge in [-0.1, -0.05) is 30.3 Å². The van der Waals surface area contributed by atoms with E-state index in [0.717, 1.165) is 5.56 Å². The summed E-state index contributed by atoms with van der Waals surface area (Å²) in [6.07, 6.45) is -0.865. The van der Waals surface area contributed by atoms with Crippen molar-refractivity contribution in [3.63, 3.8) is 0 Å². The van der Waals surface area contributed by atoms with Crippen molar-refractivity contribution in [3.8, 4) is 0 Å². The third-order valence-electron chi connectivity index (χ3n) is 3.79. The highest BCUT2D eigenvalue weighted by Crippen LogP contribution is 2.27. The zero-order valence-electron chi connectivity index (χ0n) is 17.7. The van der Waals surface area contributed by atoms with Crippen molar-refractivity contribution >= 4 is 29.4 Å². The molecule has 0 aliphatic heterocycles. The highest BCUT2D eigenvalue weighted by molar-refractivity contribution is 7.12. The number of aryl methyl sites for hydroxylation is 1. The first kappa shape index (κ1) is 23.3. The van der Waals surface area contributed by atoms with Gasteiger partial charge in [-0.3, -0.25) is 4.79 Å². The summed E-state index contributed by atoms with van der Waals surface area (Å²) in [6.45, 7) is 7.03. The van der Waals surface area contributed by atoms with Crippen molar-refractivity contribution in [3.05, 3.63) is 51.5 Å². The molecule has 0 saturated carbocycles. The number of thiazole rings is 1. The second kappa shape index (κ2) is 10.2. The number of rotatable bonds is 7. The van der Waals surface area contributed by atoms with E-state index in [1.807, 2.05) is 30.3 Å². The Morgan fingerprint density at radius 1 is 1.17 bits per heavy atom.